The molecule has 2 aliphatic rings. The molecule has 98 valence electrons. The first kappa shape index (κ1) is 13.9. The molecule has 1 aromatic carbocycles. The number of halogens is 2. The molecule has 0 saturated heterocycles. The zero-order valence-corrected chi connectivity index (χ0v) is 12.0. The van der Waals surface area contributed by atoms with Crippen LogP contribution in [0.2, 0.25) is 5.02 Å². The van der Waals surface area contributed by atoms with Gasteiger partial charge in [-0.05, 0) is 66.4 Å². The van der Waals surface area contributed by atoms with Gasteiger partial charge in [-0.1, -0.05) is 24.2 Å². The Labute approximate surface area is 120 Å². The largest absolute Gasteiger partial charge is 0.328 e. The summed E-state index contributed by atoms with van der Waals surface area (Å²) in [7, 11) is 0. The third-order valence-electron chi connectivity index (χ3n) is 4.55. The fourth-order valence-corrected chi connectivity index (χ4v) is 3.58. The number of nitrogens with two attached hydrogens (primary N) is 1. The minimum atomic E-state index is 0. The molecule has 2 aliphatic carbocycles. The van der Waals surface area contributed by atoms with E-state index >= 15 is 0 Å². The SMILES string of the molecule is C=C1c2cc(Cl)ccc2CC12CCC(N)CC2.Cl. The molecule has 1 aromatic rings. The summed E-state index contributed by atoms with van der Waals surface area (Å²) < 4.78 is 0. The highest BCUT2D eigenvalue weighted by Gasteiger charge is 2.42. The summed E-state index contributed by atoms with van der Waals surface area (Å²) >= 11 is 6.08. The number of rotatable bonds is 0. The number of allylic oxidation sites excluding steroid dienone is 1. The van der Waals surface area contributed by atoms with E-state index in [1.165, 1.54) is 29.5 Å². The van der Waals surface area contributed by atoms with Gasteiger partial charge in [0.2, 0.25) is 0 Å². The van der Waals surface area contributed by atoms with E-state index in [0.717, 1.165) is 24.3 Å². The second-order valence-electron chi connectivity index (χ2n) is 5.57. The summed E-state index contributed by atoms with van der Waals surface area (Å²) in [5.74, 6) is 0. The first-order chi connectivity index (χ1) is 8.11. The zero-order valence-electron chi connectivity index (χ0n) is 10.4. The van der Waals surface area contributed by atoms with Gasteiger partial charge in [0.15, 0.2) is 0 Å². The van der Waals surface area contributed by atoms with Gasteiger partial charge in [0.05, 0.1) is 0 Å². The Morgan fingerprint density at radius 1 is 1.28 bits per heavy atom. The van der Waals surface area contributed by atoms with Gasteiger partial charge in [0.1, 0.15) is 0 Å². The fraction of sp³-hybridized carbons (Fsp3) is 0.467. The van der Waals surface area contributed by atoms with E-state index < -0.39 is 0 Å². The van der Waals surface area contributed by atoms with Crippen LogP contribution >= 0.6 is 24.0 Å². The van der Waals surface area contributed by atoms with Gasteiger partial charge in [0, 0.05) is 11.1 Å². The molecule has 0 aromatic heterocycles. The Bertz CT molecular complexity index is 473. The predicted octanol–water partition coefficient (Wildman–Crippen LogP) is 4.22. The Balaban J connectivity index is 0.00000120. The van der Waals surface area contributed by atoms with Gasteiger partial charge in [0.25, 0.3) is 0 Å². The van der Waals surface area contributed by atoms with Crippen LogP contribution in [-0.4, -0.2) is 6.04 Å². The Kier molecular flexibility index (Phi) is 3.77. The van der Waals surface area contributed by atoms with Crippen molar-refractivity contribution in [2.75, 3.05) is 0 Å². The molecule has 1 saturated carbocycles. The van der Waals surface area contributed by atoms with E-state index in [0.29, 0.717) is 6.04 Å². The molecule has 2 N–H and O–H groups in total. The van der Waals surface area contributed by atoms with Crippen molar-refractivity contribution >= 4 is 29.6 Å². The molecule has 0 amide bonds. The highest BCUT2D eigenvalue weighted by molar-refractivity contribution is 6.30. The topological polar surface area (TPSA) is 26.0 Å². The third kappa shape index (κ3) is 2.09. The molecule has 0 heterocycles. The minimum absolute atomic E-state index is 0. The highest BCUT2D eigenvalue weighted by Crippen LogP contribution is 2.54. The lowest BCUT2D eigenvalue weighted by atomic mass is 9.69. The maximum absolute atomic E-state index is 6.08. The lowest BCUT2D eigenvalue weighted by Crippen LogP contribution is -2.33. The summed E-state index contributed by atoms with van der Waals surface area (Å²) in [6.45, 7) is 4.34. The number of fused-ring (bicyclic) bond motifs is 1. The number of hydrogen-bond donors (Lipinski definition) is 1. The molecule has 0 atom stereocenters. The van der Waals surface area contributed by atoms with Crippen molar-refractivity contribution < 1.29 is 0 Å². The van der Waals surface area contributed by atoms with Crippen molar-refractivity contribution in [2.45, 2.75) is 38.1 Å². The highest BCUT2D eigenvalue weighted by atomic mass is 35.5. The molecule has 1 spiro atoms. The standard InChI is InChI=1S/C15H18ClN.ClH/c1-10-14-8-12(16)3-2-11(14)9-15(10)6-4-13(17)5-7-15;/h2-3,8,13H,1,4-7,9,17H2;1H. The Hall–Kier alpha value is -0.500. The van der Waals surface area contributed by atoms with E-state index in [1.807, 2.05) is 6.07 Å². The summed E-state index contributed by atoms with van der Waals surface area (Å²) in [4.78, 5) is 0. The van der Waals surface area contributed by atoms with Crippen LogP contribution in [0.5, 0.6) is 0 Å². The normalized spacial score (nSPS) is 30.1. The van der Waals surface area contributed by atoms with Crippen LogP contribution in [-0.2, 0) is 6.42 Å². The number of benzene rings is 1. The molecular weight excluding hydrogens is 265 g/mol. The van der Waals surface area contributed by atoms with Crippen molar-refractivity contribution in [2.24, 2.45) is 11.1 Å². The number of hydrogen-bond acceptors (Lipinski definition) is 1. The van der Waals surface area contributed by atoms with E-state index in [9.17, 15) is 0 Å². The monoisotopic (exact) mass is 283 g/mol. The van der Waals surface area contributed by atoms with Crippen molar-refractivity contribution in [3.8, 4) is 0 Å². The minimum Gasteiger partial charge on any atom is -0.328 e. The van der Waals surface area contributed by atoms with Crippen molar-refractivity contribution in [1.82, 2.24) is 0 Å². The van der Waals surface area contributed by atoms with E-state index in [4.69, 9.17) is 17.3 Å². The van der Waals surface area contributed by atoms with E-state index in [2.05, 4.69) is 18.7 Å². The van der Waals surface area contributed by atoms with Crippen molar-refractivity contribution in [3.05, 3.63) is 40.9 Å². The maximum Gasteiger partial charge on any atom is 0.0412 e. The second-order valence-corrected chi connectivity index (χ2v) is 6.01. The van der Waals surface area contributed by atoms with Gasteiger partial charge in [-0.15, -0.1) is 12.4 Å². The molecule has 3 heteroatoms. The summed E-state index contributed by atoms with van der Waals surface area (Å²) in [6, 6.07) is 6.61. The molecule has 0 bridgehead atoms. The Morgan fingerprint density at radius 2 is 1.94 bits per heavy atom. The molecule has 0 aliphatic heterocycles. The van der Waals surface area contributed by atoms with Crippen molar-refractivity contribution in [1.29, 1.82) is 0 Å². The lowest BCUT2D eigenvalue weighted by Gasteiger charge is -2.37. The lowest BCUT2D eigenvalue weighted by molar-refractivity contribution is 0.257. The average molecular weight is 284 g/mol. The van der Waals surface area contributed by atoms with Crippen LogP contribution in [0.4, 0.5) is 0 Å². The molecule has 0 radical (unpaired) electrons. The molecule has 1 fully saturated rings. The zero-order chi connectivity index (χ0) is 12.0. The van der Waals surface area contributed by atoms with E-state index in [1.54, 1.807) is 0 Å². The quantitative estimate of drug-likeness (QED) is 0.758. The molecule has 1 nitrogen and oxygen atoms in total. The van der Waals surface area contributed by atoms with Crippen LogP contribution in [0.1, 0.15) is 36.8 Å². The fourth-order valence-electron chi connectivity index (χ4n) is 3.41. The first-order valence-corrected chi connectivity index (χ1v) is 6.72. The van der Waals surface area contributed by atoms with Crippen LogP contribution < -0.4 is 5.73 Å². The molecule has 18 heavy (non-hydrogen) atoms. The average Bonchev–Trinajstić information content (AvgIpc) is 2.58. The van der Waals surface area contributed by atoms with Gasteiger partial charge in [-0.25, -0.2) is 0 Å². The first-order valence-electron chi connectivity index (χ1n) is 6.34. The van der Waals surface area contributed by atoms with Gasteiger partial charge < -0.3 is 5.73 Å². The smallest absolute Gasteiger partial charge is 0.0412 e. The van der Waals surface area contributed by atoms with Crippen LogP contribution in [0.15, 0.2) is 24.8 Å². The predicted molar refractivity (Wildman–Crippen MR) is 80.3 cm³/mol. The third-order valence-corrected chi connectivity index (χ3v) is 4.79. The van der Waals surface area contributed by atoms with Gasteiger partial charge >= 0.3 is 0 Å². The van der Waals surface area contributed by atoms with E-state index in [-0.39, 0.29) is 17.8 Å². The molecular formula is C15H19Cl2N. The van der Waals surface area contributed by atoms with Gasteiger partial charge in [-0.3, -0.25) is 0 Å². The van der Waals surface area contributed by atoms with Crippen molar-refractivity contribution in [3.63, 3.8) is 0 Å². The maximum atomic E-state index is 6.08. The Morgan fingerprint density at radius 3 is 2.61 bits per heavy atom. The van der Waals surface area contributed by atoms with Crippen LogP contribution in [0.3, 0.4) is 0 Å². The summed E-state index contributed by atoms with van der Waals surface area (Å²) in [5.41, 5.74) is 10.3. The molecule has 3 rings (SSSR count). The van der Waals surface area contributed by atoms with Crippen LogP contribution in [0.25, 0.3) is 5.57 Å². The van der Waals surface area contributed by atoms with Crippen LogP contribution in [0, 0.1) is 5.41 Å². The van der Waals surface area contributed by atoms with Gasteiger partial charge in [-0.2, -0.15) is 0 Å². The second kappa shape index (κ2) is 4.88. The summed E-state index contributed by atoms with van der Waals surface area (Å²) in [6.07, 6.45) is 5.74. The molecule has 0 unspecified atom stereocenters. The summed E-state index contributed by atoms with van der Waals surface area (Å²) in [5, 5.41) is 0.814.